The first-order valence-electron chi connectivity index (χ1n) is 12.0. The van der Waals surface area contributed by atoms with Gasteiger partial charge in [-0.2, -0.15) is 18.4 Å². The average molecular weight is 497 g/mol. The Kier molecular flexibility index (Phi) is 6.17. The number of carbonyl (C=O) groups excluding carboxylic acids is 1. The van der Waals surface area contributed by atoms with Gasteiger partial charge in [0.05, 0.1) is 23.8 Å². The molecule has 0 spiro atoms. The number of alkyl halides is 3. The number of nitriles is 1. The monoisotopic (exact) mass is 496 g/mol. The second-order valence-corrected chi connectivity index (χ2v) is 9.89. The molecule has 5 rings (SSSR count). The van der Waals surface area contributed by atoms with Crippen molar-refractivity contribution in [3.05, 3.63) is 65.4 Å². The number of aromatic nitrogens is 1. The molecule has 0 saturated carbocycles. The summed E-state index contributed by atoms with van der Waals surface area (Å²) in [6.07, 6.45) is -1.11. The number of rotatable bonds is 5. The molecule has 36 heavy (non-hydrogen) atoms. The van der Waals surface area contributed by atoms with Crippen LogP contribution >= 0.6 is 0 Å². The third kappa shape index (κ3) is 4.30. The number of nitrogens with one attached hydrogen (secondary N) is 1. The highest BCUT2D eigenvalue weighted by atomic mass is 19.4. The van der Waals surface area contributed by atoms with E-state index in [0.717, 1.165) is 22.5 Å². The first-order valence-corrected chi connectivity index (χ1v) is 12.0. The van der Waals surface area contributed by atoms with E-state index in [1.165, 1.54) is 12.1 Å². The van der Waals surface area contributed by atoms with E-state index < -0.39 is 22.7 Å². The molecule has 3 aromatic rings. The molecule has 0 bridgehead atoms. The summed E-state index contributed by atoms with van der Waals surface area (Å²) in [7, 11) is 0. The number of aliphatic hydroxyl groups is 1. The van der Waals surface area contributed by atoms with E-state index in [1.807, 2.05) is 40.3 Å². The fraction of sp³-hybridized carbons (Fsp3) is 0.407. The fourth-order valence-electron chi connectivity index (χ4n) is 5.76. The first kappa shape index (κ1) is 24.2. The minimum absolute atomic E-state index is 0.0444. The number of hydrogen-bond donors (Lipinski definition) is 2. The number of benzene rings is 2. The Bertz CT molecular complexity index is 1330. The quantitative estimate of drug-likeness (QED) is 0.551. The number of fused-ring (bicyclic) bond motifs is 2. The maximum Gasteiger partial charge on any atom is 0.417 e. The molecule has 2 fully saturated rings. The second kappa shape index (κ2) is 9.17. The van der Waals surface area contributed by atoms with Crippen LogP contribution in [0.1, 0.15) is 29.5 Å². The highest BCUT2D eigenvalue weighted by molar-refractivity contribution is 5.84. The van der Waals surface area contributed by atoms with Gasteiger partial charge in [-0.25, -0.2) is 0 Å². The molecular formula is C27H27F3N4O2. The molecule has 0 radical (unpaired) electrons. The zero-order chi connectivity index (χ0) is 25.5. The Morgan fingerprint density at radius 1 is 1.22 bits per heavy atom. The lowest BCUT2D eigenvalue weighted by molar-refractivity contribution is -0.138. The Balaban J connectivity index is 1.28. The molecule has 6 nitrogen and oxygen atoms in total. The molecule has 188 valence electrons. The van der Waals surface area contributed by atoms with Crippen molar-refractivity contribution < 1.29 is 23.1 Å². The molecule has 2 aromatic carbocycles. The Morgan fingerprint density at radius 3 is 2.78 bits per heavy atom. The summed E-state index contributed by atoms with van der Waals surface area (Å²) in [6, 6.07) is 13.3. The van der Waals surface area contributed by atoms with Crippen LogP contribution in [0, 0.1) is 22.7 Å². The van der Waals surface area contributed by atoms with E-state index in [9.17, 15) is 23.1 Å². The average Bonchev–Trinajstić information content (AvgIpc) is 3.47. The van der Waals surface area contributed by atoms with Gasteiger partial charge in [0.25, 0.3) is 0 Å². The van der Waals surface area contributed by atoms with Crippen LogP contribution in [0.4, 0.5) is 18.9 Å². The third-order valence-electron chi connectivity index (χ3n) is 7.88. The van der Waals surface area contributed by atoms with Gasteiger partial charge < -0.3 is 19.9 Å². The van der Waals surface area contributed by atoms with E-state index in [0.29, 0.717) is 51.1 Å². The predicted octanol–water partition coefficient (Wildman–Crippen LogP) is 4.34. The highest BCUT2D eigenvalue weighted by Crippen LogP contribution is 2.45. The van der Waals surface area contributed by atoms with Crippen molar-refractivity contribution in [3.63, 3.8) is 0 Å². The molecule has 3 heterocycles. The molecule has 2 aliphatic rings. The van der Waals surface area contributed by atoms with Gasteiger partial charge in [-0.1, -0.05) is 18.2 Å². The van der Waals surface area contributed by atoms with Crippen LogP contribution < -0.4 is 4.90 Å². The van der Waals surface area contributed by atoms with E-state index in [1.54, 1.807) is 6.07 Å². The first-order chi connectivity index (χ1) is 17.2. The Labute approximate surface area is 206 Å². The van der Waals surface area contributed by atoms with Crippen molar-refractivity contribution in [1.29, 1.82) is 5.26 Å². The van der Waals surface area contributed by atoms with Crippen LogP contribution in [0.5, 0.6) is 0 Å². The molecule has 2 atom stereocenters. The number of piperidine rings is 1. The van der Waals surface area contributed by atoms with Gasteiger partial charge in [0.2, 0.25) is 5.91 Å². The number of H-pyrrole nitrogens is 1. The lowest BCUT2D eigenvalue weighted by atomic mass is 9.73. The smallest absolute Gasteiger partial charge is 0.396 e. The summed E-state index contributed by atoms with van der Waals surface area (Å²) in [5.74, 6) is -0.0127. The highest BCUT2D eigenvalue weighted by Gasteiger charge is 2.50. The van der Waals surface area contributed by atoms with Crippen LogP contribution in [0.3, 0.4) is 0 Å². The number of halogens is 3. The number of para-hydroxylation sites is 1. The summed E-state index contributed by atoms with van der Waals surface area (Å²) in [4.78, 5) is 20.0. The van der Waals surface area contributed by atoms with Gasteiger partial charge in [-0.05, 0) is 42.7 Å². The number of aryl methyl sites for hydroxylation is 1. The molecule has 9 heteroatoms. The molecular weight excluding hydrogens is 469 g/mol. The zero-order valence-electron chi connectivity index (χ0n) is 19.7. The molecule has 2 aliphatic heterocycles. The molecule has 0 unspecified atom stereocenters. The van der Waals surface area contributed by atoms with Crippen LogP contribution in [0.25, 0.3) is 10.9 Å². The van der Waals surface area contributed by atoms with E-state index in [4.69, 9.17) is 5.26 Å². The minimum atomic E-state index is -4.63. The van der Waals surface area contributed by atoms with Crippen molar-refractivity contribution in [2.75, 3.05) is 37.7 Å². The zero-order valence-corrected chi connectivity index (χ0v) is 19.7. The second-order valence-electron chi connectivity index (χ2n) is 9.89. The number of aromatic amines is 1. The van der Waals surface area contributed by atoms with Crippen LogP contribution in [-0.2, 0) is 17.4 Å². The molecule has 0 aliphatic carbocycles. The number of anilines is 1. The van der Waals surface area contributed by atoms with E-state index in [2.05, 4.69) is 4.98 Å². The maximum atomic E-state index is 13.5. The maximum absolute atomic E-state index is 13.5. The Hall–Kier alpha value is -3.51. The van der Waals surface area contributed by atoms with Crippen LogP contribution in [0.2, 0.25) is 0 Å². The van der Waals surface area contributed by atoms with E-state index >= 15 is 0 Å². The number of likely N-dealkylation sites (tertiary alicyclic amines) is 1. The summed E-state index contributed by atoms with van der Waals surface area (Å²) < 4.78 is 40.5. The fourth-order valence-corrected chi connectivity index (χ4v) is 5.76. The van der Waals surface area contributed by atoms with Crippen molar-refractivity contribution in [2.45, 2.75) is 25.4 Å². The summed E-state index contributed by atoms with van der Waals surface area (Å²) >= 11 is 0. The van der Waals surface area contributed by atoms with Gasteiger partial charge in [0.1, 0.15) is 0 Å². The van der Waals surface area contributed by atoms with Crippen molar-refractivity contribution in [2.24, 2.45) is 11.3 Å². The van der Waals surface area contributed by atoms with Gasteiger partial charge >= 0.3 is 6.18 Å². The van der Waals surface area contributed by atoms with Gasteiger partial charge in [-0.3, -0.25) is 4.79 Å². The lowest BCUT2D eigenvalue weighted by Crippen LogP contribution is -2.50. The van der Waals surface area contributed by atoms with Crippen molar-refractivity contribution in [1.82, 2.24) is 9.88 Å². The standard InChI is InChI=1S/C27H27F3N4O2/c28-27(29,30)23-11-21(7-5-18(23)12-31)34-15-20-14-33(10-9-26(20,16-34)17-35)25(36)8-6-19-13-32-24-4-2-1-3-22(19)24/h1-5,7,11,13,20,32,35H,6,8-10,14-17H2/t20-,26+/m1/s1. The molecule has 1 amide bonds. The summed E-state index contributed by atoms with van der Waals surface area (Å²) in [6.45, 7) is 1.74. The topological polar surface area (TPSA) is 83.4 Å². The van der Waals surface area contributed by atoms with Gasteiger partial charge in [0.15, 0.2) is 0 Å². The third-order valence-corrected chi connectivity index (χ3v) is 7.88. The number of nitrogens with zero attached hydrogens (tertiary/aromatic N) is 3. The molecule has 2 N–H and O–H groups in total. The summed E-state index contributed by atoms with van der Waals surface area (Å²) in [5, 5.41) is 20.5. The normalized spacial score (nSPS) is 22.0. The van der Waals surface area contributed by atoms with Crippen LogP contribution in [-0.4, -0.2) is 53.7 Å². The SMILES string of the molecule is N#Cc1ccc(N2C[C@H]3CN(C(=O)CCc4c[nH]c5ccccc45)CC[C@@]3(CO)C2)cc1C(F)(F)F. The van der Waals surface area contributed by atoms with Crippen molar-refractivity contribution >= 4 is 22.5 Å². The Morgan fingerprint density at radius 2 is 2.03 bits per heavy atom. The lowest BCUT2D eigenvalue weighted by Gasteiger charge is -2.42. The molecule has 2 saturated heterocycles. The minimum Gasteiger partial charge on any atom is -0.396 e. The van der Waals surface area contributed by atoms with Crippen LogP contribution in [0.15, 0.2) is 48.7 Å². The number of carbonyl (C=O) groups is 1. The largest absolute Gasteiger partial charge is 0.417 e. The summed E-state index contributed by atoms with van der Waals surface area (Å²) in [5.41, 5.74) is 0.666. The van der Waals surface area contributed by atoms with Gasteiger partial charge in [0, 0.05) is 66.7 Å². The molecule has 1 aromatic heterocycles. The van der Waals surface area contributed by atoms with E-state index in [-0.39, 0.29) is 18.4 Å². The number of amides is 1. The number of aliphatic hydroxyl groups excluding tert-OH is 1. The van der Waals surface area contributed by atoms with Crippen molar-refractivity contribution in [3.8, 4) is 6.07 Å². The van der Waals surface area contributed by atoms with Gasteiger partial charge in [-0.15, -0.1) is 0 Å². The predicted molar refractivity (Wildman–Crippen MR) is 129 cm³/mol. The number of hydrogen-bond acceptors (Lipinski definition) is 4.